The zero-order valence-electron chi connectivity index (χ0n) is 16.5. The lowest BCUT2D eigenvalue weighted by Crippen LogP contribution is -2.22. The van der Waals surface area contributed by atoms with Gasteiger partial charge in [0.2, 0.25) is 5.91 Å². The van der Waals surface area contributed by atoms with Gasteiger partial charge in [-0.3, -0.25) is 4.79 Å². The van der Waals surface area contributed by atoms with Crippen LogP contribution in [0.15, 0.2) is 77.7 Å². The molecule has 0 unspecified atom stereocenters. The molecule has 0 radical (unpaired) electrons. The van der Waals surface area contributed by atoms with Gasteiger partial charge < -0.3 is 10.6 Å². The van der Waals surface area contributed by atoms with Crippen molar-refractivity contribution < 1.29 is 13.2 Å². The molecule has 1 amide bonds. The minimum absolute atomic E-state index is 0.0354. The van der Waals surface area contributed by atoms with E-state index in [0.717, 1.165) is 29.5 Å². The molecule has 0 spiro atoms. The van der Waals surface area contributed by atoms with Crippen LogP contribution < -0.4 is 10.6 Å². The molecule has 0 bridgehead atoms. The van der Waals surface area contributed by atoms with Gasteiger partial charge in [0.1, 0.15) is 0 Å². The van der Waals surface area contributed by atoms with Crippen molar-refractivity contribution in [2.45, 2.75) is 18.2 Å². The number of nitrogens with one attached hydrogen (secondary N) is 2. The normalized spacial score (nSPS) is 11.1. The highest BCUT2D eigenvalue weighted by molar-refractivity contribution is 7.90. The van der Waals surface area contributed by atoms with Crippen LogP contribution in [0.1, 0.15) is 16.7 Å². The van der Waals surface area contributed by atoms with E-state index >= 15 is 0 Å². The molecule has 6 heteroatoms. The monoisotopic (exact) mass is 408 g/mol. The van der Waals surface area contributed by atoms with Crippen LogP contribution in [0.3, 0.4) is 0 Å². The first kappa shape index (κ1) is 20.6. The SMILES string of the molecule is Cc1ccc(S(C)(=O)=O)cc1NCC(=O)Nc1ccccc1Cc1ccccc1. The summed E-state index contributed by atoms with van der Waals surface area (Å²) in [5.74, 6) is -0.199. The summed E-state index contributed by atoms with van der Waals surface area (Å²) in [5, 5.41) is 5.98. The summed E-state index contributed by atoms with van der Waals surface area (Å²) in [5.41, 5.74) is 4.46. The third kappa shape index (κ3) is 5.68. The zero-order chi connectivity index (χ0) is 20.9. The second-order valence-electron chi connectivity index (χ2n) is 6.97. The Labute approximate surface area is 171 Å². The van der Waals surface area contributed by atoms with E-state index in [9.17, 15) is 13.2 Å². The number of aryl methyl sites for hydroxylation is 1. The third-order valence-corrected chi connectivity index (χ3v) is 5.72. The van der Waals surface area contributed by atoms with Crippen molar-refractivity contribution in [2.75, 3.05) is 23.4 Å². The minimum Gasteiger partial charge on any atom is -0.376 e. The van der Waals surface area contributed by atoms with Crippen LogP contribution >= 0.6 is 0 Å². The van der Waals surface area contributed by atoms with E-state index in [2.05, 4.69) is 22.8 Å². The first-order valence-corrected chi connectivity index (χ1v) is 11.2. The van der Waals surface area contributed by atoms with Crippen molar-refractivity contribution in [3.63, 3.8) is 0 Å². The van der Waals surface area contributed by atoms with E-state index in [1.54, 1.807) is 18.2 Å². The molecule has 5 nitrogen and oxygen atoms in total. The molecule has 0 aliphatic rings. The van der Waals surface area contributed by atoms with Crippen molar-refractivity contribution >= 4 is 27.1 Å². The lowest BCUT2D eigenvalue weighted by molar-refractivity contribution is -0.114. The fourth-order valence-corrected chi connectivity index (χ4v) is 3.65. The average Bonchev–Trinajstić information content (AvgIpc) is 2.69. The summed E-state index contributed by atoms with van der Waals surface area (Å²) in [6.07, 6.45) is 1.89. The first-order chi connectivity index (χ1) is 13.8. The smallest absolute Gasteiger partial charge is 0.243 e. The minimum atomic E-state index is -3.31. The number of carbonyl (C=O) groups excluding carboxylic acids is 1. The van der Waals surface area contributed by atoms with Gasteiger partial charge in [0.15, 0.2) is 9.84 Å². The van der Waals surface area contributed by atoms with Gasteiger partial charge in [-0.05, 0) is 48.2 Å². The number of benzene rings is 3. The summed E-state index contributed by atoms with van der Waals surface area (Å²) in [6.45, 7) is 1.90. The van der Waals surface area contributed by atoms with Gasteiger partial charge in [-0.15, -0.1) is 0 Å². The van der Waals surface area contributed by atoms with E-state index in [1.165, 1.54) is 5.56 Å². The summed E-state index contributed by atoms with van der Waals surface area (Å²) in [7, 11) is -3.31. The Bertz CT molecular complexity index is 1110. The van der Waals surface area contributed by atoms with Gasteiger partial charge in [-0.1, -0.05) is 54.6 Å². The van der Waals surface area contributed by atoms with Gasteiger partial charge in [0.25, 0.3) is 0 Å². The molecule has 2 N–H and O–H groups in total. The maximum Gasteiger partial charge on any atom is 0.243 e. The highest BCUT2D eigenvalue weighted by atomic mass is 32.2. The molecule has 3 aromatic rings. The molecule has 3 aromatic carbocycles. The van der Waals surface area contributed by atoms with Gasteiger partial charge in [0.05, 0.1) is 11.4 Å². The van der Waals surface area contributed by atoms with Crippen molar-refractivity contribution in [2.24, 2.45) is 0 Å². The van der Waals surface area contributed by atoms with Crippen LogP contribution in [-0.4, -0.2) is 27.1 Å². The fourth-order valence-electron chi connectivity index (χ4n) is 3.00. The molecule has 0 aromatic heterocycles. The van der Waals surface area contributed by atoms with Gasteiger partial charge in [0, 0.05) is 17.6 Å². The maximum atomic E-state index is 12.5. The average molecular weight is 409 g/mol. The van der Waals surface area contributed by atoms with Crippen LogP contribution in [0.25, 0.3) is 0 Å². The molecular weight excluding hydrogens is 384 g/mol. The Balaban J connectivity index is 1.68. The maximum absolute atomic E-state index is 12.5. The number of para-hydroxylation sites is 1. The third-order valence-electron chi connectivity index (χ3n) is 4.61. The van der Waals surface area contributed by atoms with E-state index in [-0.39, 0.29) is 17.3 Å². The molecule has 0 saturated carbocycles. The lowest BCUT2D eigenvalue weighted by Gasteiger charge is -2.13. The second kappa shape index (κ2) is 8.92. The quantitative estimate of drug-likeness (QED) is 0.619. The summed E-state index contributed by atoms with van der Waals surface area (Å²) in [4.78, 5) is 12.7. The Hall–Kier alpha value is -3.12. The van der Waals surface area contributed by atoms with Crippen molar-refractivity contribution in [1.82, 2.24) is 0 Å². The van der Waals surface area contributed by atoms with Crippen LogP contribution in [-0.2, 0) is 21.1 Å². The Morgan fingerprint density at radius 3 is 2.31 bits per heavy atom. The Morgan fingerprint density at radius 1 is 0.897 bits per heavy atom. The molecular formula is C23H24N2O3S. The topological polar surface area (TPSA) is 75.3 Å². The summed E-state index contributed by atoms with van der Waals surface area (Å²) in [6, 6.07) is 22.6. The molecule has 0 fully saturated rings. The van der Waals surface area contributed by atoms with E-state index < -0.39 is 9.84 Å². The number of hydrogen-bond acceptors (Lipinski definition) is 4. The molecule has 0 aliphatic heterocycles. The number of amides is 1. The highest BCUT2D eigenvalue weighted by Gasteiger charge is 2.11. The van der Waals surface area contributed by atoms with Crippen molar-refractivity contribution in [3.8, 4) is 0 Å². The number of sulfone groups is 1. The fraction of sp³-hybridized carbons (Fsp3) is 0.174. The highest BCUT2D eigenvalue weighted by Crippen LogP contribution is 2.21. The van der Waals surface area contributed by atoms with Crippen LogP contribution in [0.5, 0.6) is 0 Å². The van der Waals surface area contributed by atoms with Crippen LogP contribution in [0.2, 0.25) is 0 Å². The number of hydrogen-bond donors (Lipinski definition) is 2. The van der Waals surface area contributed by atoms with E-state index in [4.69, 9.17) is 0 Å². The standard InChI is InChI=1S/C23H24N2O3S/c1-17-12-13-20(29(2,27)28)15-22(17)24-16-23(26)25-21-11-7-6-10-19(21)14-18-8-4-3-5-9-18/h3-13,15,24H,14,16H2,1-2H3,(H,25,26). The molecule has 29 heavy (non-hydrogen) atoms. The number of rotatable bonds is 7. The van der Waals surface area contributed by atoms with Crippen LogP contribution in [0.4, 0.5) is 11.4 Å². The van der Waals surface area contributed by atoms with Gasteiger partial charge in [-0.25, -0.2) is 8.42 Å². The largest absolute Gasteiger partial charge is 0.376 e. The molecule has 0 atom stereocenters. The molecule has 0 aliphatic carbocycles. The Morgan fingerprint density at radius 2 is 1.59 bits per heavy atom. The van der Waals surface area contributed by atoms with Gasteiger partial charge >= 0.3 is 0 Å². The van der Waals surface area contributed by atoms with E-state index in [0.29, 0.717) is 5.69 Å². The lowest BCUT2D eigenvalue weighted by atomic mass is 10.0. The van der Waals surface area contributed by atoms with E-state index in [1.807, 2.05) is 49.4 Å². The van der Waals surface area contributed by atoms with Crippen molar-refractivity contribution in [3.05, 3.63) is 89.5 Å². The predicted molar refractivity (Wildman–Crippen MR) is 117 cm³/mol. The number of anilines is 2. The summed E-state index contributed by atoms with van der Waals surface area (Å²) >= 11 is 0. The zero-order valence-corrected chi connectivity index (χ0v) is 17.3. The van der Waals surface area contributed by atoms with Crippen molar-refractivity contribution in [1.29, 1.82) is 0 Å². The Kier molecular flexibility index (Phi) is 6.34. The first-order valence-electron chi connectivity index (χ1n) is 9.29. The predicted octanol–water partition coefficient (Wildman–Crippen LogP) is 4.04. The molecule has 150 valence electrons. The van der Waals surface area contributed by atoms with Gasteiger partial charge in [-0.2, -0.15) is 0 Å². The summed E-state index contributed by atoms with van der Waals surface area (Å²) < 4.78 is 23.5. The molecule has 3 rings (SSSR count). The number of carbonyl (C=O) groups is 1. The van der Waals surface area contributed by atoms with Crippen LogP contribution in [0, 0.1) is 6.92 Å². The molecule has 0 heterocycles. The second-order valence-corrected chi connectivity index (χ2v) is 8.99. The molecule has 0 saturated heterocycles.